The third-order valence-corrected chi connectivity index (χ3v) is 4.18. The Kier molecular flexibility index (Phi) is 5.48. The van der Waals surface area contributed by atoms with E-state index in [0.717, 1.165) is 44.5 Å². The van der Waals surface area contributed by atoms with Crippen LogP contribution in [0, 0.1) is 6.92 Å². The fraction of sp³-hybridized carbons (Fsp3) is 0.444. The number of aromatic nitrogens is 2. The number of benzene rings is 1. The topological polar surface area (TPSA) is 53.5 Å². The van der Waals surface area contributed by atoms with Crippen molar-refractivity contribution in [3.63, 3.8) is 0 Å². The Hall–Kier alpha value is -2.34. The lowest BCUT2D eigenvalue weighted by atomic mass is 10.2. The molecule has 1 aliphatic rings. The molecule has 6 nitrogen and oxygen atoms in total. The van der Waals surface area contributed by atoms with E-state index in [1.165, 1.54) is 11.3 Å². The van der Waals surface area contributed by atoms with E-state index < -0.39 is 0 Å². The van der Waals surface area contributed by atoms with Crippen molar-refractivity contribution < 1.29 is 4.74 Å². The monoisotopic (exact) mass is 327 g/mol. The molecule has 1 fully saturated rings. The number of hydrogen-bond donors (Lipinski definition) is 1. The number of aryl methyl sites for hydroxylation is 1. The van der Waals surface area contributed by atoms with Gasteiger partial charge < -0.3 is 19.9 Å². The SMILES string of the molecule is COCCNc1ccnc(N2CCN(c3cccc(C)c3)CC2)n1. The second-order valence-corrected chi connectivity index (χ2v) is 5.97. The summed E-state index contributed by atoms with van der Waals surface area (Å²) in [7, 11) is 1.70. The molecule has 0 bridgehead atoms. The third-order valence-electron chi connectivity index (χ3n) is 4.18. The van der Waals surface area contributed by atoms with Crippen LogP contribution < -0.4 is 15.1 Å². The molecule has 0 aliphatic carbocycles. The molecule has 1 saturated heterocycles. The molecule has 0 saturated carbocycles. The summed E-state index contributed by atoms with van der Waals surface area (Å²) in [5, 5.41) is 3.25. The van der Waals surface area contributed by atoms with E-state index in [1.807, 2.05) is 12.3 Å². The maximum Gasteiger partial charge on any atom is 0.227 e. The lowest BCUT2D eigenvalue weighted by Crippen LogP contribution is -2.47. The Morgan fingerprint density at radius 2 is 1.92 bits per heavy atom. The number of piperazine rings is 1. The normalized spacial score (nSPS) is 14.8. The molecule has 2 aromatic rings. The van der Waals surface area contributed by atoms with Crippen LogP contribution in [0.1, 0.15) is 5.56 Å². The summed E-state index contributed by atoms with van der Waals surface area (Å²) in [6, 6.07) is 10.6. The van der Waals surface area contributed by atoms with Crippen molar-refractivity contribution in [3.05, 3.63) is 42.1 Å². The number of anilines is 3. The molecule has 128 valence electrons. The number of nitrogens with one attached hydrogen (secondary N) is 1. The van der Waals surface area contributed by atoms with Crippen LogP contribution in [0.3, 0.4) is 0 Å². The maximum atomic E-state index is 5.05. The van der Waals surface area contributed by atoms with Gasteiger partial charge in [0.15, 0.2) is 0 Å². The van der Waals surface area contributed by atoms with Gasteiger partial charge in [-0.15, -0.1) is 0 Å². The van der Waals surface area contributed by atoms with Gasteiger partial charge in [0.05, 0.1) is 6.61 Å². The first-order chi connectivity index (χ1) is 11.8. The first kappa shape index (κ1) is 16.5. The number of nitrogens with zero attached hydrogens (tertiary/aromatic N) is 4. The van der Waals surface area contributed by atoms with Gasteiger partial charge in [0.1, 0.15) is 5.82 Å². The minimum Gasteiger partial charge on any atom is -0.383 e. The molecule has 1 N–H and O–H groups in total. The number of rotatable bonds is 6. The molecule has 1 aliphatic heterocycles. The molecule has 1 aromatic heterocycles. The van der Waals surface area contributed by atoms with E-state index >= 15 is 0 Å². The standard InChI is InChI=1S/C18H25N5O/c1-15-4-3-5-16(14-15)22-9-11-23(12-10-22)18-20-7-6-17(21-18)19-8-13-24-2/h3-7,14H,8-13H2,1-2H3,(H,19,20,21). The molecule has 6 heteroatoms. The molecule has 0 spiro atoms. The fourth-order valence-corrected chi connectivity index (χ4v) is 2.87. The summed E-state index contributed by atoms with van der Waals surface area (Å²) < 4.78 is 5.05. The highest BCUT2D eigenvalue weighted by Gasteiger charge is 2.19. The summed E-state index contributed by atoms with van der Waals surface area (Å²) in [5.41, 5.74) is 2.60. The fourth-order valence-electron chi connectivity index (χ4n) is 2.87. The van der Waals surface area contributed by atoms with Gasteiger partial charge in [-0.1, -0.05) is 12.1 Å². The van der Waals surface area contributed by atoms with Crippen LogP contribution in [0.2, 0.25) is 0 Å². The quantitative estimate of drug-likeness (QED) is 0.821. The van der Waals surface area contributed by atoms with Crippen LogP contribution >= 0.6 is 0 Å². The van der Waals surface area contributed by atoms with E-state index in [2.05, 4.69) is 56.3 Å². The summed E-state index contributed by atoms with van der Waals surface area (Å²) in [6.07, 6.45) is 1.81. The lowest BCUT2D eigenvalue weighted by Gasteiger charge is -2.36. The van der Waals surface area contributed by atoms with Gasteiger partial charge in [0.25, 0.3) is 0 Å². The van der Waals surface area contributed by atoms with Crippen molar-refractivity contribution in [3.8, 4) is 0 Å². The Morgan fingerprint density at radius 3 is 2.67 bits per heavy atom. The Balaban J connectivity index is 1.59. The minimum atomic E-state index is 0.661. The molecule has 0 amide bonds. The van der Waals surface area contributed by atoms with Crippen LogP contribution in [0.5, 0.6) is 0 Å². The molecule has 0 radical (unpaired) electrons. The van der Waals surface area contributed by atoms with Crippen molar-refractivity contribution in [1.82, 2.24) is 9.97 Å². The highest BCUT2D eigenvalue weighted by molar-refractivity contribution is 5.50. The van der Waals surface area contributed by atoms with Gasteiger partial charge >= 0.3 is 0 Å². The Morgan fingerprint density at radius 1 is 1.12 bits per heavy atom. The van der Waals surface area contributed by atoms with Gasteiger partial charge in [-0.3, -0.25) is 0 Å². The van der Waals surface area contributed by atoms with Crippen LogP contribution in [-0.2, 0) is 4.74 Å². The molecule has 1 aromatic carbocycles. The maximum absolute atomic E-state index is 5.05. The first-order valence-electron chi connectivity index (χ1n) is 8.38. The average Bonchev–Trinajstić information content (AvgIpc) is 2.62. The van der Waals surface area contributed by atoms with E-state index in [-0.39, 0.29) is 0 Å². The van der Waals surface area contributed by atoms with Crippen molar-refractivity contribution in [2.45, 2.75) is 6.92 Å². The zero-order valence-corrected chi connectivity index (χ0v) is 14.4. The summed E-state index contributed by atoms with van der Waals surface area (Å²) >= 11 is 0. The summed E-state index contributed by atoms with van der Waals surface area (Å²) in [5.74, 6) is 1.64. The third kappa shape index (κ3) is 4.14. The largest absolute Gasteiger partial charge is 0.383 e. The lowest BCUT2D eigenvalue weighted by molar-refractivity contribution is 0.210. The summed E-state index contributed by atoms with van der Waals surface area (Å²) in [6.45, 7) is 7.35. The first-order valence-corrected chi connectivity index (χ1v) is 8.38. The summed E-state index contributed by atoms with van der Waals surface area (Å²) in [4.78, 5) is 13.7. The molecule has 3 rings (SSSR count). The average molecular weight is 327 g/mol. The highest BCUT2D eigenvalue weighted by atomic mass is 16.5. The molecule has 0 unspecified atom stereocenters. The zero-order chi connectivity index (χ0) is 16.8. The number of ether oxygens (including phenoxy) is 1. The zero-order valence-electron chi connectivity index (χ0n) is 14.4. The van der Waals surface area contributed by atoms with E-state index in [0.29, 0.717) is 6.61 Å². The molecule has 0 atom stereocenters. The van der Waals surface area contributed by atoms with Crippen LogP contribution in [0.4, 0.5) is 17.5 Å². The Labute approximate surface area is 143 Å². The predicted molar refractivity (Wildman–Crippen MR) is 98.0 cm³/mol. The second kappa shape index (κ2) is 7.97. The minimum absolute atomic E-state index is 0.661. The van der Waals surface area contributed by atoms with Crippen molar-refractivity contribution in [2.75, 3.05) is 61.6 Å². The van der Waals surface area contributed by atoms with Gasteiger partial charge in [-0.05, 0) is 30.7 Å². The molecule has 24 heavy (non-hydrogen) atoms. The highest BCUT2D eigenvalue weighted by Crippen LogP contribution is 2.20. The molecule has 2 heterocycles. The molecular weight excluding hydrogens is 302 g/mol. The predicted octanol–water partition coefficient (Wildman–Crippen LogP) is 2.17. The number of methoxy groups -OCH3 is 1. The van der Waals surface area contributed by atoms with Crippen molar-refractivity contribution >= 4 is 17.5 Å². The number of hydrogen-bond acceptors (Lipinski definition) is 6. The second-order valence-electron chi connectivity index (χ2n) is 5.97. The van der Waals surface area contributed by atoms with E-state index in [9.17, 15) is 0 Å². The van der Waals surface area contributed by atoms with Crippen LogP contribution in [-0.4, -0.2) is 56.4 Å². The van der Waals surface area contributed by atoms with Crippen LogP contribution in [0.25, 0.3) is 0 Å². The van der Waals surface area contributed by atoms with Crippen molar-refractivity contribution in [2.24, 2.45) is 0 Å². The van der Waals surface area contributed by atoms with Crippen molar-refractivity contribution in [1.29, 1.82) is 0 Å². The van der Waals surface area contributed by atoms with Gasteiger partial charge in [-0.2, -0.15) is 4.98 Å². The van der Waals surface area contributed by atoms with Gasteiger partial charge in [-0.25, -0.2) is 4.98 Å². The van der Waals surface area contributed by atoms with Gasteiger partial charge in [0, 0.05) is 51.7 Å². The van der Waals surface area contributed by atoms with E-state index in [1.54, 1.807) is 7.11 Å². The van der Waals surface area contributed by atoms with Gasteiger partial charge in [0.2, 0.25) is 5.95 Å². The smallest absolute Gasteiger partial charge is 0.227 e. The van der Waals surface area contributed by atoms with E-state index in [4.69, 9.17) is 4.74 Å². The molecular formula is C18H25N5O. The van der Waals surface area contributed by atoms with Crippen LogP contribution in [0.15, 0.2) is 36.5 Å². The Bertz CT molecular complexity index is 655.